The van der Waals surface area contributed by atoms with Crippen LogP contribution in [0.2, 0.25) is 0 Å². The van der Waals surface area contributed by atoms with Crippen LogP contribution in [-0.4, -0.2) is 58.7 Å². The van der Waals surface area contributed by atoms with Crippen molar-refractivity contribution in [3.63, 3.8) is 0 Å². The summed E-state index contributed by atoms with van der Waals surface area (Å²) in [6.07, 6.45) is 0. The number of nitriles is 4. The van der Waals surface area contributed by atoms with Crippen molar-refractivity contribution in [2.24, 2.45) is 17.2 Å². The second-order valence-electron chi connectivity index (χ2n) is 23.9. The summed E-state index contributed by atoms with van der Waals surface area (Å²) in [5, 5.41) is 56.5. The first kappa shape index (κ1) is 95.7. The van der Waals surface area contributed by atoms with E-state index in [1.54, 1.807) is 75.4 Å². The minimum Gasteiger partial charge on any atom is -0.478 e. The number of carbonyl (C=O) groups excluding carboxylic acids is 3. The molecule has 12 rings (SSSR count). The Hall–Kier alpha value is -2.47. The van der Waals surface area contributed by atoms with Crippen molar-refractivity contribution in [3.05, 3.63) is 244 Å². The maximum Gasteiger partial charge on any atom is 0.336 e. The van der Waals surface area contributed by atoms with E-state index in [1.165, 1.54) is 32.8 Å². The van der Waals surface area contributed by atoms with E-state index in [0.717, 1.165) is 85.7 Å². The molecule has 0 spiro atoms. The van der Waals surface area contributed by atoms with Crippen molar-refractivity contribution in [1.29, 1.82) is 21.0 Å². The summed E-state index contributed by atoms with van der Waals surface area (Å²) in [7, 11) is 0. The van der Waals surface area contributed by atoms with E-state index in [9.17, 15) is 24.3 Å². The summed E-state index contributed by atoms with van der Waals surface area (Å²) >= 11 is 10.3. The standard InChI is InChI=1S/C14H15N3O2.C14H13N3O.C14H12N2O2.C14H14N2.C13H11BrN2.C10H7Br2N.4Rn/c1-7(13(15)18)12-6-11-9(8(2)17-12)4-3-5-10(11)14(16)19;1-8(7-15)13-6-12-10(9(2)17-13)4-3-5-11(12)14(16)18;1-8(7-15)13-6-12-10(9(2)16-13)4-3-5-11(12)14(17)18;1-9-5-4-6-12-11(3)16-14(7-13(9)12)10(2)8-15;1-8-4-3-5-10-11(8)6-12(9(2)7-15)16-13(10)14;1-6-3-2-4-7-8(6)5-9(11)13-10(7)12;;;;/h3-7H,1-2H3,(H2,15,18)(H2,16,19);3-6,8H,1-2H3,(H2,16,18);3-6,8H,1-2H3,(H,17,18);4-7,10H,1-3H3;3-6,9H,1-2H3;2-5H,1H3;;;;. The maximum absolute atomic E-state index is 11.5. The fraction of sp³-hybridized carbons (Fsp3) is 0.215. The Bertz CT molecular complexity index is 5160. The van der Waals surface area contributed by atoms with E-state index in [2.05, 4.69) is 153 Å². The molecule has 6 aromatic heterocycles. The number of benzene rings is 6. The summed E-state index contributed by atoms with van der Waals surface area (Å²) in [6, 6.07) is 54.2. The van der Waals surface area contributed by atoms with Crippen LogP contribution < -0.4 is 17.2 Å². The molecule has 0 radical (unpaired) electrons. The van der Waals surface area contributed by atoms with Crippen molar-refractivity contribution in [2.45, 2.75) is 113 Å². The zero-order valence-electron chi connectivity index (χ0n) is 58.6. The van der Waals surface area contributed by atoms with Crippen LogP contribution in [0.1, 0.15) is 163 Å². The Kier molecular flexibility index (Phi) is 41.5. The number of aromatic carboxylic acids is 1. The van der Waals surface area contributed by atoms with Gasteiger partial charge in [0.2, 0.25) is 17.7 Å². The van der Waals surface area contributed by atoms with Crippen LogP contribution in [0, 0.1) is 381 Å². The predicted molar refractivity (Wildman–Crippen MR) is 404 cm³/mol. The summed E-state index contributed by atoms with van der Waals surface area (Å²) in [5.41, 5.74) is 27.6. The van der Waals surface area contributed by atoms with Crippen LogP contribution in [0.3, 0.4) is 0 Å². The maximum atomic E-state index is 11.5. The second kappa shape index (κ2) is 45.1. The Balaban J connectivity index is 0.000000323. The number of aromatic nitrogens is 6. The quantitative estimate of drug-likeness (QED) is 0.0976. The molecule has 0 saturated heterocycles. The molecule has 7 N–H and O–H groups in total. The third kappa shape index (κ3) is 24.8. The number of rotatable bonds is 9. The van der Waals surface area contributed by atoms with E-state index in [0.29, 0.717) is 39.0 Å². The van der Waals surface area contributed by atoms with Gasteiger partial charge in [-0.25, -0.2) is 14.8 Å². The molecule has 3 amide bonds. The molecular weight excluding hydrogens is 2340 g/mol. The third-order valence-corrected chi connectivity index (χ3v) is 18.4. The van der Waals surface area contributed by atoms with Gasteiger partial charge in [0.25, 0.3) is 0 Å². The molecular formula is C79H72Br3N13O5Rn4. The van der Waals surface area contributed by atoms with Crippen molar-refractivity contribution in [1.82, 2.24) is 29.9 Å². The smallest absolute Gasteiger partial charge is 0.336 e. The molecule has 18 nitrogen and oxygen atoms in total. The minimum absolute atomic E-state index is 0. The van der Waals surface area contributed by atoms with E-state index >= 15 is 0 Å². The fourth-order valence-corrected chi connectivity index (χ4v) is 12.7. The van der Waals surface area contributed by atoms with E-state index in [4.69, 9.17) is 38.2 Å². The number of pyridine rings is 6. The number of nitrogens with zero attached hydrogens (tertiary/aromatic N) is 10. The average Bonchev–Trinajstić information content (AvgIpc) is 0.796. The number of carboxylic acids is 1. The Labute approximate surface area is 877 Å². The SMILES string of the molecule is Cc1cccc2c(Br)nc(Br)cc12.Cc1cccc2c(Br)nc(C(C)C#N)cc12.Cc1cccc2c(C)nc(C(C)C#N)cc12.Cc1nc(C(C)C#N)cc2c(C(=O)O)cccc12.Cc1nc(C(C)C#N)cc2c(C(N)=O)cccc12.Cc1nc(C(C)C(N)=O)cc2c(C(N)=O)cccc12.[Rn].[Rn].[Rn].[Rn]. The first-order valence-electron chi connectivity index (χ1n) is 31.5. The summed E-state index contributed by atoms with van der Waals surface area (Å²) in [6.45, 7) is 22.7. The summed E-state index contributed by atoms with van der Waals surface area (Å²) < 4.78 is 2.56. The Morgan fingerprint density at radius 3 is 0.952 bits per heavy atom. The molecule has 536 valence electrons. The van der Waals surface area contributed by atoms with E-state index < -0.39 is 29.6 Å². The van der Waals surface area contributed by atoms with Gasteiger partial charge in [0.15, 0.2) is 0 Å². The molecule has 0 aliphatic rings. The summed E-state index contributed by atoms with van der Waals surface area (Å²) in [5.74, 6) is -3.91. The predicted octanol–water partition coefficient (Wildman–Crippen LogP) is 17.8. The van der Waals surface area contributed by atoms with Gasteiger partial charge in [-0.15, -0.1) is 0 Å². The number of primary amides is 3. The van der Waals surface area contributed by atoms with Crippen LogP contribution in [0.15, 0.2) is 159 Å². The molecule has 25 heteroatoms. The first-order valence-corrected chi connectivity index (χ1v) is 33.9. The van der Waals surface area contributed by atoms with Crippen LogP contribution in [-0.2, 0) is 4.79 Å². The Morgan fingerprint density at radius 1 is 0.356 bits per heavy atom. The van der Waals surface area contributed by atoms with Gasteiger partial charge >= 0.3 is 5.97 Å². The number of carbonyl (C=O) groups is 4. The van der Waals surface area contributed by atoms with Crippen LogP contribution in [0.4, 0.5) is 0 Å². The van der Waals surface area contributed by atoms with Crippen LogP contribution in [0.5, 0.6) is 0 Å². The largest absolute Gasteiger partial charge is 0.478 e. The molecule has 0 bridgehead atoms. The number of nitrogens with two attached hydrogens (primary N) is 3. The van der Waals surface area contributed by atoms with Gasteiger partial charge in [-0.05, 0) is 234 Å². The molecule has 104 heavy (non-hydrogen) atoms. The zero-order valence-corrected chi connectivity index (χ0v) is 74.3. The summed E-state index contributed by atoms with van der Waals surface area (Å²) in [4.78, 5) is 71.6. The molecule has 5 unspecified atom stereocenters. The molecule has 0 aliphatic heterocycles. The number of hydrogen-bond acceptors (Lipinski definition) is 14. The molecule has 12 aromatic rings. The van der Waals surface area contributed by atoms with Gasteiger partial charge in [-0.1, -0.05) is 91.0 Å². The first-order chi connectivity index (χ1) is 47.4. The topological polar surface area (TPSA) is 339 Å². The normalized spacial score (nSPS) is 11.6. The van der Waals surface area contributed by atoms with Crippen molar-refractivity contribution >= 4 is 136 Å². The van der Waals surface area contributed by atoms with Gasteiger partial charge in [0.05, 0.1) is 87.9 Å². The second-order valence-corrected chi connectivity index (χ2v) is 26.2. The van der Waals surface area contributed by atoms with Crippen LogP contribution in [0.25, 0.3) is 64.6 Å². The number of fused-ring (bicyclic) bond motifs is 6. The molecule has 5 atom stereocenters. The monoisotopic (exact) mass is 2410 g/mol. The van der Waals surface area contributed by atoms with Gasteiger partial charge < -0.3 is 22.3 Å². The number of amides is 3. The van der Waals surface area contributed by atoms with Crippen molar-refractivity contribution in [2.75, 3.05) is 0 Å². The van der Waals surface area contributed by atoms with Gasteiger partial charge in [-0.2, -0.15) is 21.0 Å². The zero-order chi connectivity index (χ0) is 73.6. The number of aryl methyl sites for hydroxylation is 7. The van der Waals surface area contributed by atoms with Gasteiger partial charge in [-0.3, -0.25) is 34.3 Å². The van der Waals surface area contributed by atoms with Crippen molar-refractivity contribution in [3.8, 4) is 24.3 Å². The number of halogens is 3. The van der Waals surface area contributed by atoms with E-state index in [-0.39, 0.29) is 317 Å². The molecule has 6 heterocycles. The van der Waals surface area contributed by atoms with Crippen LogP contribution >= 0.6 is 47.8 Å². The fourth-order valence-electron chi connectivity index (χ4n) is 10.9. The molecule has 6 aromatic carbocycles. The number of carboxylic acid groups (broad SMARTS) is 1. The number of hydrogen-bond donors (Lipinski definition) is 4. The third-order valence-electron chi connectivity index (χ3n) is 16.8. The molecule has 0 saturated carbocycles. The minimum atomic E-state index is -0.971. The van der Waals surface area contributed by atoms with Crippen molar-refractivity contribution < 1.29 is 312 Å². The average molecular weight is 2410 g/mol. The molecule has 0 fully saturated rings. The van der Waals surface area contributed by atoms with Gasteiger partial charge in [0, 0.05) is 354 Å². The Morgan fingerprint density at radius 2 is 0.615 bits per heavy atom. The van der Waals surface area contributed by atoms with E-state index in [1.807, 2.05) is 102 Å². The van der Waals surface area contributed by atoms with Gasteiger partial charge in [0.1, 0.15) is 13.8 Å². The molecule has 0 aliphatic carbocycles.